The van der Waals surface area contributed by atoms with Gasteiger partial charge in [0.2, 0.25) is 0 Å². The van der Waals surface area contributed by atoms with Crippen molar-refractivity contribution < 1.29 is 34.0 Å². The normalized spacial score (nSPS) is 10.2. The van der Waals surface area contributed by atoms with Crippen LogP contribution in [0.25, 0.3) is 0 Å². The summed E-state index contributed by atoms with van der Waals surface area (Å²) in [4.78, 5) is 22.6. The highest BCUT2D eigenvalue weighted by Crippen LogP contribution is 2.27. The summed E-state index contributed by atoms with van der Waals surface area (Å²) in [6.45, 7) is 0.872. The van der Waals surface area contributed by atoms with Crippen LogP contribution in [0.5, 0.6) is 11.5 Å². The van der Waals surface area contributed by atoms with Crippen LogP contribution in [0.3, 0.4) is 0 Å². The van der Waals surface area contributed by atoms with E-state index in [9.17, 15) is 14.7 Å². The first-order valence-corrected chi connectivity index (χ1v) is 7.82. The molecule has 0 aliphatic carbocycles. The Hall–Kier alpha value is -3.26. The highest BCUT2D eigenvalue weighted by Gasteiger charge is 2.14. The number of carbonyl (C=O) groups excluding carboxylic acids is 1. The van der Waals surface area contributed by atoms with Crippen molar-refractivity contribution in [3.05, 3.63) is 54.1 Å². The van der Waals surface area contributed by atoms with Gasteiger partial charge in [-0.15, -0.1) is 0 Å². The molecule has 3 N–H and O–H groups in total. The molecule has 26 heavy (non-hydrogen) atoms. The second-order valence-corrected chi connectivity index (χ2v) is 5.04. The summed E-state index contributed by atoms with van der Waals surface area (Å²) in [6.07, 6.45) is -0.827. The average molecular weight is 361 g/mol. The van der Waals surface area contributed by atoms with Gasteiger partial charge < -0.3 is 24.4 Å². The molecule has 138 valence electrons. The van der Waals surface area contributed by atoms with E-state index >= 15 is 0 Å². The second kappa shape index (κ2) is 9.90. The van der Waals surface area contributed by atoms with E-state index in [-0.39, 0.29) is 24.5 Å². The van der Waals surface area contributed by atoms with Crippen molar-refractivity contribution in [2.24, 2.45) is 0 Å². The number of benzene rings is 2. The van der Waals surface area contributed by atoms with Gasteiger partial charge >= 0.3 is 12.1 Å². The molecule has 0 saturated carbocycles. The van der Waals surface area contributed by atoms with Crippen LogP contribution in [0.2, 0.25) is 0 Å². The predicted molar refractivity (Wildman–Crippen MR) is 92.8 cm³/mol. The first kappa shape index (κ1) is 19.1. The summed E-state index contributed by atoms with van der Waals surface area (Å²) in [5.74, 6) is -1.09. The van der Waals surface area contributed by atoms with Gasteiger partial charge in [-0.05, 0) is 24.3 Å². The monoisotopic (exact) mass is 361 g/mol. The number of nitrogens with one attached hydrogen (secondary N) is 1. The number of rotatable bonds is 9. The maximum Gasteiger partial charge on any atom is 0.411 e. The zero-order valence-corrected chi connectivity index (χ0v) is 13.9. The SMILES string of the molecule is O=C(Nc1cccc(C(=O)O)c1O)OCCOCCOc1ccccc1. The first-order chi connectivity index (χ1) is 12.6. The van der Waals surface area contributed by atoms with Crippen LogP contribution in [-0.2, 0) is 9.47 Å². The standard InChI is InChI=1S/C18H19NO7/c20-16-14(17(21)22)7-4-8-15(16)19-18(23)26-12-10-24-9-11-25-13-5-2-1-3-6-13/h1-8,20H,9-12H2,(H,19,23)(H,21,22). The maximum absolute atomic E-state index is 11.6. The summed E-state index contributed by atoms with van der Waals surface area (Å²) >= 11 is 0. The fourth-order valence-electron chi connectivity index (χ4n) is 1.99. The number of carboxylic acid groups (broad SMARTS) is 1. The van der Waals surface area contributed by atoms with E-state index < -0.39 is 17.8 Å². The van der Waals surface area contributed by atoms with Crippen molar-refractivity contribution in [2.75, 3.05) is 31.7 Å². The Labute approximate surface area is 149 Å². The van der Waals surface area contributed by atoms with Gasteiger partial charge in [0.05, 0.1) is 18.9 Å². The van der Waals surface area contributed by atoms with E-state index in [0.717, 1.165) is 5.75 Å². The van der Waals surface area contributed by atoms with Crippen LogP contribution >= 0.6 is 0 Å². The van der Waals surface area contributed by atoms with Crippen molar-refractivity contribution in [3.8, 4) is 11.5 Å². The molecule has 0 spiro atoms. The molecule has 0 fully saturated rings. The van der Waals surface area contributed by atoms with Crippen molar-refractivity contribution in [1.82, 2.24) is 0 Å². The lowest BCUT2D eigenvalue weighted by atomic mass is 10.2. The Morgan fingerprint density at radius 1 is 0.923 bits per heavy atom. The van der Waals surface area contributed by atoms with Crippen molar-refractivity contribution in [1.29, 1.82) is 0 Å². The number of carboxylic acids is 1. The summed E-state index contributed by atoms with van der Waals surface area (Å²) in [6, 6.07) is 13.3. The number of para-hydroxylation sites is 2. The molecule has 2 rings (SSSR count). The number of aromatic carboxylic acids is 1. The molecule has 0 radical (unpaired) electrons. The molecule has 0 aliphatic heterocycles. The number of aromatic hydroxyl groups is 1. The highest BCUT2D eigenvalue weighted by molar-refractivity contribution is 5.96. The number of amides is 1. The van der Waals surface area contributed by atoms with Gasteiger partial charge in [0.1, 0.15) is 24.5 Å². The summed E-state index contributed by atoms with van der Waals surface area (Å²) in [5.41, 5.74) is -0.364. The van der Waals surface area contributed by atoms with Gasteiger partial charge in [-0.1, -0.05) is 24.3 Å². The molecule has 8 heteroatoms. The second-order valence-electron chi connectivity index (χ2n) is 5.04. The molecule has 0 bridgehead atoms. The first-order valence-electron chi connectivity index (χ1n) is 7.82. The van der Waals surface area contributed by atoms with Crippen LogP contribution in [-0.4, -0.2) is 48.7 Å². The van der Waals surface area contributed by atoms with E-state index in [1.54, 1.807) is 0 Å². The smallest absolute Gasteiger partial charge is 0.411 e. The Kier molecular flexibility index (Phi) is 7.26. The molecule has 0 saturated heterocycles. The van der Waals surface area contributed by atoms with E-state index in [2.05, 4.69) is 5.32 Å². The van der Waals surface area contributed by atoms with Gasteiger partial charge in [-0.2, -0.15) is 0 Å². The number of carbonyl (C=O) groups is 2. The molecular formula is C18H19NO7. The van der Waals surface area contributed by atoms with E-state index in [1.807, 2.05) is 30.3 Å². The lowest BCUT2D eigenvalue weighted by Gasteiger charge is -2.10. The molecule has 1 amide bonds. The van der Waals surface area contributed by atoms with Crippen LogP contribution in [0.15, 0.2) is 48.5 Å². The minimum Gasteiger partial charge on any atom is -0.505 e. The van der Waals surface area contributed by atoms with Crippen LogP contribution in [0.4, 0.5) is 10.5 Å². The third-order valence-electron chi connectivity index (χ3n) is 3.20. The zero-order chi connectivity index (χ0) is 18.8. The predicted octanol–water partition coefficient (Wildman–Crippen LogP) is 2.73. The van der Waals surface area contributed by atoms with Gasteiger partial charge in [-0.3, -0.25) is 5.32 Å². The number of anilines is 1. The topological polar surface area (TPSA) is 114 Å². The van der Waals surface area contributed by atoms with Crippen LogP contribution in [0, 0.1) is 0 Å². The number of ether oxygens (including phenoxy) is 3. The molecule has 0 unspecified atom stereocenters. The Morgan fingerprint density at radius 2 is 1.65 bits per heavy atom. The molecule has 8 nitrogen and oxygen atoms in total. The summed E-state index contributed by atoms with van der Waals surface area (Å²) in [5, 5.41) is 21.0. The van der Waals surface area contributed by atoms with Crippen molar-refractivity contribution in [3.63, 3.8) is 0 Å². The lowest BCUT2D eigenvalue weighted by molar-refractivity contribution is 0.0616. The largest absolute Gasteiger partial charge is 0.505 e. The Bertz CT molecular complexity index is 734. The summed E-state index contributed by atoms with van der Waals surface area (Å²) < 4.78 is 15.6. The molecule has 0 aliphatic rings. The van der Waals surface area contributed by atoms with Gasteiger partial charge in [-0.25, -0.2) is 9.59 Å². The van der Waals surface area contributed by atoms with Crippen molar-refractivity contribution >= 4 is 17.7 Å². The fraction of sp³-hybridized carbons (Fsp3) is 0.222. The third kappa shape index (κ3) is 5.99. The number of hydrogen-bond acceptors (Lipinski definition) is 6. The van der Waals surface area contributed by atoms with Crippen molar-refractivity contribution in [2.45, 2.75) is 0 Å². The molecule has 0 heterocycles. The van der Waals surface area contributed by atoms with Gasteiger partial charge in [0.15, 0.2) is 5.75 Å². The minimum absolute atomic E-state index is 0.00342. The highest BCUT2D eigenvalue weighted by atomic mass is 16.6. The van der Waals surface area contributed by atoms with E-state index in [0.29, 0.717) is 13.2 Å². The minimum atomic E-state index is -1.30. The molecule has 0 aromatic heterocycles. The molecule has 0 atom stereocenters. The van der Waals surface area contributed by atoms with E-state index in [4.69, 9.17) is 19.3 Å². The van der Waals surface area contributed by atoms with Gasteiger partial charge in [0, 0.05) is 0 Å². The van der Waals surface area contributed by atoms with Crippen LogP contribution in [0.1, 0.15) is 10.4 Å². The van der Waals surface area contributed by atoms with E-state index in [1.165, 1.54) is 18.2 Å². The Morgan fingerprint density at radius 3 is 2.38 bits per heavy atom. The third-order valence-corrected chi connectivity index (χ3v) is 3.20. The molecule has 2 aromatic rings. The Balaban J connectivity index is 1.62. The molecule has 2 aromatic carbocycles. The summed E-state index contributed by atoms with van der Waals surface area (Å²) in [7, 11) is 0. The number of phenols is 1. The lowest BCUT2D eigenvalue weighted by Crippen LogP contribution is -2.18. The maximum atomic E-state index is 11.6. The quantitative estimate of drug-likeness (QED) is 0.465. The fourth-order valence-corrected chi connectivity index (χ4v) is 1.99. The number of hydrogen-bond donors (Lipinski definition) is 3. The average Bonchev–Trinajstić information content (AvgIpc) is 2.63. The van der Waals surface area contributed by atoms with Crippen LogP contribution < -0.4 is 10.1 Å². The zero-order valence-electron chi connectivity index (χ0n) is 13.9. The van der Waals surface area contributed by atoms with Gasteiger partial charge in [0.25, 0.3) is 0 Å². The molecular weight excluding hydrogens is 342 g/mol.